The first-order valence-electron chi connectivity index (χ1n) is 10.7. The fraction of sp³-hybridized carbons (Fsp3) is 0.870. The van der Waals surface area contributed by atoms with Crippen LogP contribution >= 0.6 is 0 Å². The van der Waals surface area contributed by atoms with E-state index in [1.165, 1.54) is 0 Å². The number of hydrogen-bond acceptors (Lipinski definition) is 4. The zero-order chi connectivity index (χ0) is 22.8. The molecule has 1 rings (SSSR count). The maximum atomic E-state index is 11.6. The zero-order valence-corrected chi connectivity index (χ0v) is 21.0. The summed E-state index contributed by atoms with van der Waals surface area (Å²) in [5.41, 5.74) is 0. The van der Waals surface area contributed by atoms with Crippen LogP contribution in [-0.4, -0.2) is 43.5 Å². The number of carbonyl (C=O) groups is 1. The summed E-state index contributed by atoms with van der Waals surface area (Å²) in [5, 5.41) is 9.55. The molecule has 0 aromatic heterocycles. The van der Waals surface area contributed by atoms with Gasteiger partial charge in [0.1, 0.15) is 0 Å². The van der Waals surface area contributed by atoms with Gasteiger partial charge in [-0.05, 0) is 37.9 Å². The van der Waals surface area contributed by atoms with Gasteiger partial charge in [-0.1, -0.05) is 41.5 Å². The number of rotatable bonds is 8. The predicted octanol–water partition coefficient (Wildman–Crippen LogP) is 5.30. The van der Waals surface area contributed by atoms with E-state index >= 15 is 0 Å². The van der Waals surface area contributed by atoms with Crippen LogP contribution < -0.4 is 0 Å². The Bertz CT molecular complexity index is 601. The van der Waals surface area contributed by atoms with Crippen molar-refractivity contribution in [1.29, 1.82) is 0 Å². The minimum absolute atomic E-state index is 0.00522. The van der Waals surface area contributed by atoms with Crippen molar-refractivity contribution < 1.29 is 23.8 Å². The number of carboxylic acid groups (broad SMARTS) is 1. The molecule has 0 saturated carbocycles. The van der Waals surface area contributed by atoms with Gasteiger partial charge in [0.15, 0.2) is 14.1 Å². The summed E-state index contributed by atoms with van der Waals surface area (Å²) in [6.07, 6.45) is 5.48. The Hall–Kier alpha value is -0.873. The first kappa shape index (κ1) is 26.2. The van der Waals surface area contributed by atoms with Gasteiger partial charge in [0.05, 0.1) is 24.7 Å². The van der Waals surface area contributed by atoms with Crippen LogP contribution in [0.15, 0.2) is 0 Å². The maximum Gasteiger partial charge on any atom is 0.305 e. The number of aliphatic carboxylic acids is 1. The lowest BCUT2D eigenvalue weighted by Gasteiger charge is -2.50. The minimum Gasteiger partial charge on any atom is -0.481 e. The molecule has 6 heteroatoms. The normalized spacial score (nSPS) is 28.2. The Labute approximate surface area is 179 Å². The molecule has 1 saturated heterocycles. The second kappa shape index (κ2) is 9.51. The summed E-state index contributed by atoms with van der Waals surface area (Å²) in [5.74, 6) is 1.28. The number of ether oxygens (including phenoxy) is 2. The molecule has 5 nitrogen and oxygen atoms in total. The summed E-state index contributed by atoms with van der Waals surface area (Å²) in [6.45, 7) is 20.9. The van der Waals surface area contributed by atoms with E-state index in [4.69, 9.17) is 20.3 Å². The summed E-state index contributed by atoms with van der Waals surface area (Å²) in [6, 6.07) is 0. The number of terminal acetylenes is 1. The van der Waals surface area contributed by atoms with E-state index < -0.39 is 26.2 Å². The van der Waals surface area contributed by atoms with Crippen LogP contribution in [0.25, 0.3) is 0 Å². The van der Waals surface area contributed by atoms with Crippen molar-refractivity contribution in [3.8, 4) is 12.3 Å². The molecular weight excluding hydrogens is 384 g/mol. The highest BCUT2D eigenvalue weighted by Crippen LogP contribution is 2.42. The van der Waals surface area contributed by atoms with Crippen molar-refractivity contribution in [2.24, 2.45) is 17.8 Å². The molecule has 0 aliphatic carbocycles. The topological polar surface area (TPSA) is 65.0 Å². The van der Waals surface area contributed by atoms with Gasteiger partial charge >= 0.3 is 5.97 Å². The Balaban J connectivity index is 3.19. The third-order valence-corrected chi connectivity index (χ3v) is 11.1. The van der Waals surface area contributed by atoms with Gasteiger partial charge in [-0.15, -0.1) is 12.3 Å². The van der Waals surface area contributed by atoms with Crippen molar-refractivity contribution in [1.82, 2.24) is 0 Å². The molecule has 29 heavy (non-hydrogen) atoms. The minimum atomic E-state index is -2.15. The molecule has 0 amide bonds. The van der Waals surface area contributed by atoms with Crippen molar-refractivity contribution >= 4 is 14.3 Å². The van der Waals surface area contributed by atoms with E-state index in [9.17, 15) is 9.90 Å². The average molecular weight is 427 g/mol. The molecule has 1 aliphatic rings. The fourth-order valence-corrected chi connectivity index (χ4v) is 5.29. The Kier molecular flexibility index (Phi) is 8.58. The van der Waals surface area contributed by atoms with E-state index in [-0.39, 0.29) is 41.4 Å². The SMILES string of the molecule is C#CC[C@H](C)[C@H]1OC(C)(C)O[C@@H]([C@H](C)[C@@H](CC(=O)O)O[Si](C)(C)C(C)(C)C)[C@H]1C. The molecule has 0 unspecified atom stereocenters. The van der Waals surface area contributed by atoms with E-state index in [1.807, 2.05) is 20.8 Å². The van der Waals surface area contributed by atoms with Gasteiger partial charge in [-0.3, -0.25) is 4.79 Å². The second-order valence-corrected chi connectivity index (χ2v) is 15.4. The van der Waals surface area contributed by atoms with E-state index in [0.717, 1.165) is 0 Å². The highest BCUT2D eigenvalue weighted by Gasteiger charge is 2.48. The molecular formula is C23H42O5Si. The monoisotopic (exact) mass is 426 g/mol. The lowest BCUT2D eigenvalue weighted by molar-refractivity contribution is -0.337. The van der Waals surface area contributed by atoms with Gasteiger partial charge in [-0.2, -0.15) is 0 Å². The Morgan fingerprint density at radius 3 is 2.21 bits per heavy atom. The molecule has 1 heterocycles. The van der Waals surface area contributed by atoms with Crippen LogP contribution in [0.1, 0.15) is 68.2 Å². The lowest BCUT2D eigenvalue weighted by Crippen LogP contribution is -2.57. The molecule has 1 aliphatic heterocycles. The highest BCUT2D eigenvalue weighted by atomic mass is 28.4. The maximum absolute atomic E-state index is 11.6. The molecule has 6 atom stereocenters. The fourth-order valence-electron chi connectivity index (χ4n) is 3.88. The first-order chi connectivity index (χ1) is 13.0. The molecule has 168 valence electrons. The molecule has 0 radical (unpaired) electrons. The smallest absolute Gasteiger partial charge is 0.305 e. The van der Waals surface area contributed by atoms with Crippen LogP contribution in [0.2, 0.25) is 18.1 Å². The predicted molar refractivity (Wildman–Crippen MR) is 119 cm³/mol. The Morgan fingerprint density at radius 1 is 1.24 bits per heavy atom. The summed E-state index contributed by atoms with van der Waals surface area (Å²) < 4.78 is 19.2. The van der Waals surface area contributed by atoms with Crippen LogP contribution in [-0.2, 0) is 18.7 Å². The third-order valence-electron chi connectivity index (χ3n) is 6.61. The van der Waals surface area contributed by atoms with Crippen molar-refractivity contribution in [2.75, 3.05) is 0 Å². The summed E-state index contributed by atoms with van der Waals surface area (Å²) in [4.78, 5) is 11.6. The molecule has 0 aromatic carbocycles. The van der Waals surface area contributed by atoms with Crippen LogP contribution in [0.5, 0.6) is 0 Å². The quantitative estimate of drug-likeness (QED) is 0.421. The van der Waals surface area contributed by atoms with Crippen LogP contribution in [0.4, 0.5) is 0 Å². The molecule has 1 N–H and O–H groups in total. The highest BCUT2D eigenvalue weighted by molar-refractivity contribution is 6.74. The lowest BCUT2D eigenvalue weighted by atomic mass is 9.79. The summed E-state index contributed by atoms with van der Waals surface area (Å²) in [7, 11) is -2.15. The van der Waals surface area contributed by atoms with Crippen molar-refractivity contribution in [2.45, 2.75) is 110 Å². The average Bonchev–Trinajstić information content (AvgIpc) is 2.53. The van der Waals surface area contributed by atoms with Crippen molar-refractivity contribution in [3.63, 3.8) is 0 Å². The van der Waals surface area contributed by atoms with E-state index in [0.29, 0.717) is 6.42 Å². The van der Waals surface area contributed by atoms with Crippen molar-refractivity contribution in [3.05, 3.63) is 0 Å². The van der Waals surface area contributed by atoms with Gasteiger partial charge in [0.25, 0.3) is 0 Å². The van der Waals surface area contributed by atoms with Crippen LogP contribution in [0.3, 0.4) is 0 Å². The van der Waals surface area contributed by atoms with Gasteiger partial charge in [0.2, 0.25) is 0 Å². The standard InChI is InChI=1S/C23H42O5Si/c1-12-13-15(2)20-17(4)21(27-23(8,9)26-20)16(3)18(14-19(24)25)28-29(10,11)22(5,6)7/h1,15-18,20-21H,13-14H2,2-11H3,(H,24,25)/t15-,16+,17-,18+,20+,21-/m0/s1. The molecule has 1 fully saturated rings. The number of hydrogen-bond donors (Lipinski definition) is 1. The first-order valence-corrected chi connectivity index (χ1v) is 13.6. The van der Waals surface area contributed by atoms with Gasteiger partial charge in [-0.25, -0.2) is 0 Å². The zero-order valence-electron chi connectivity index (χ0n) is 20.0. The van der Waals surface area contributed by atoms with Gasteiger partial charge in [0, 0.05) is 18.3 Å². The second-order valence-electron chi connectivity index (χ2n) is 10.7. The number of carboxylic acids is 1. The summed E-state index contributed by atoms with van der Waals surface area (Å²) >= 11 is 0. The van der Waals surface area contributed by atoms with E-state index in [1.54, 1.807) is 0 Å². The molecule has 0 spiro atoms. The van der Waals surface area contributed by atoms with E-state index in [2.05, 4.69) is 53.6 Å². The third kappa shape index (κ3) is 6.82. The van der Waals surface area contributed by atoms with Gasteiger partial charge < -0.3 is 19.0 Å². The Morgan fingerprint density at radius 2 is 1.76 bits per heavy atom. The molecule has 0 bridgehead atoms. The molecule has 0 aromatic rings. The largest absolute Gasteiger partial charge is 0.481 e. The van der Waals surface area contributed by atoms with Crippen LogP contribution in [0, 0.1) is 30.1 Å².